The number of ether oxygens (including phenoxy) is 2. The number of nitrogens with one attached hydrogen (secondary N) is 1. The van der Waals surface area contributed by atoms with E-state index in [2.05, 4.69) is 5.32 Å². The standard InChI is InChI=1S/C18H17Cl2NO3/c1-11(22)14(10-21-16-6-5-13(19)9-15(16)20)12-4-7-17(23-2)18(8-12)24-3/h4-10,21H,1-3H3/b14-10+. The third-order valence-electron chi connectivity index (χ3n) is 3.38. The molecule has 0 spiro atoms. The Bertz CT molecular complexity index is 788. The van der Waals surface area contributed by atoms with Crippen molar-refractivity contribution in [1.29, 1.82) is 0 Å². The largest absolute Gasteiger partial charge is 0.493 e. The summed E-state index contributed by atoms with van der Waals surface area (Å²) in [6.45, 7) is 1.49. The van der Waals surface area contributed by atoms with E-state index in [1.807, 2.05) is 0 Å². The minimum Gasteiger partial charge on any atom is -0.493 e. The zero-order valence-corrected chi connectivity index (χ0v) is 15.0. The molecule has 0 unspecified atom stereocenters. The van der Waals surface area contributed by atoms with Gasteiger partial charge in [0.05, 0.1) is 24.9 Å². The molecule has 0 saturated carbocycles. The summed E-state index contributed by atoms with van der Waals surface area (Å²) in [6.07, 6.45) is 1.61. The SMILES string of the molecule is COc1ccc(/C(=C/Nc2ccc(Cl)cc2Cl)C(C)=O)cc1OC. The first-order chi connectivity index (χ1) is 11.5. The molecule has 4 nitrogen and oxygen atoms in total. The van der Waals surface area contributed by atoms with Crippen LogP contribution in [-0.4, -0.2) is 20.0 Å². The predicted molar refractivity (Wildman–Crippen MR) is 98.3 cm³/mol. The molecular formula is C18H17Cl2NO3. The summed E-state index contributed by atoms with van der Waals surface area (Å²) < 4.78 is 10.5. The van der Waals surface area contributed by atoms with Gasteiger partial charge in [-0.25, -0.2) is 0 Å². The molecule has 0 aliphatic heterocycles. The molecule has 0 atom stereocenters. The monoisotopic (exact) mass is 365 g/mol. The van der Waals surface area contributed by atoms with Crippen molar-refractivity contribution < 1.29 is 14.3 Å². The van der Waals surface area contributed by atoms with Crippen LogP contribution < -0.4 is 14.8 Å². The van der Waals surface area contributed by atoms with Crippen LogP contribution in [0.1, 0.15) is 12.5 Å². The number of halogens is 2. The highest BCUT2D eigenvalue weighted by Crippen LogP contribution is 2.31. The van der Waals surface area contributed by atoms with Gasteiger partial charge in [-0.15, -0.1) is 0 Å². The molecule has 6 heteroatoms. The normalized spacial score (nSPS) is 11.1. The first kappa shape index (κ1) is 18.2. The zero-order chi connectivity index (χ0) is 17.7. The smallest absolute Gasteiger partial charge is 0.161 e. The molecule has 0 saturated heterocycles. The van der Waals surface area contributed by atoms with Crippen molar-refractivity contribution in [2.24, 2.45) is 0 Å². The van der Waals surface area contributed by atoms with Crippen LogP contribution in [0.4, 0.5) is 5.69 Å². The van der Waals surface area contributed by atoms with Crippen LogP contribution in [0.2, 0.25) is 10.0 Å². The van der Waals surface area contributed by atoms with E-state index in [9.17, 15) is 4.79 Å². The lowest BCUT2D eigenvalue weighted by atomic mass is 10.0. The van der Waals surface area contributed by atoms with Gasteiger partial charge in [-0.05, 0) is 42.8 Å². The fraction of sp³-hybridized carbons (Fsp3) is 0.167. The van der Waals surface area contributed by atoms with Crippen LogP contribution in [0.25, 0.3) is 5.57 Å². The quantitative estimate of drug-likeness (QED) is 0.727. The second-order valence-electron chi connectivity index (χ2n) is 4.95. The first-order valence-electron chi connectivity index (χ1n) is 7.11. The Balaban J connectivity index is 2.37. The van der Waals surface area contributed by atoms with Crippen molar-refractivity contribution in [2.75, 3.05) is 19.5 Å². The van der Waals surface area contributed by atoms with Gasteiger partial charge in [-0.2, -0.15) is 0 Å². The van der Waals surface area contributed by atoms with Crippen molar-refractivity contribution in [3.63, 3.8) is 0 Å². The van der Waals surface area contributed by atoms with E-state index in [0.29, 0.717) is 38.4 Å². The summed E-state index contributed by atoms with van der Waals surface area (Å²) in [5.74, 6) is 1.05. The number of carbonyl (C=O) groups excluding carboxylic acids is 1. The number of rotatable bonds is 6. The van der Waals surface area contributed by atoms with Gasteiger partial charge in [0.15, 0.2) is 17.3 Å². The number of Topliss-reactive ketones (excluding diaryl/α,β-unsaturated/α-hetero) is 1. The first-order valence-corrected chi connectivity index (χ1v) is 7.87. The van der Waals surface area contributed by atoms with Crippen LogP contribution in [0, 0.1) is 0 Å². The molecule has 126 valence electrons. The highest BCUT2D eigenvalue weighted by molar-refractivity contribution is 6.36. The molecule has 0 radical (unpaired) electrons. The summed E-state index contributed by atoms with van der Waals surface area (Å²) in [4.78, 5) is 12.0. The summed E-state index contributed by atoms with van der Waals surface area (Å²) in [5.41, 5.74) is 1.85. The van der Waals surface area contributed by atoms with Crippen LogP contribution in [-0.2, 0) is 4.79 Å². The number of allylic oxidation sites excluding steroid dienone is 1. The van der Waals surface area contributed by atoms with Gasteiger partial charge in [0.25, 0.3) is 0 Å². The maximum atomic E-state index is 12.0. The summed E-state index contributed by atoms with van der Waals surface area (Å²) >= 11 is 12.0. The highest BCUT2D eigenvalue weighted by atomic mass is 35.5. The number of anilines is 1. The lowest BCUT2D eigenvalue weighted by Gasteiger charge is -2.11. The number of benzene rings is 2. The highest BCUT2D eigenvalue weighted by Gasteiger charge is 2.12. The van der Waals surface area contributed by atoms with E-state index in [-0.39, 0.29) is 5.78 Å². The van der Waals surface area contributed by atoms with Gasteiger partial charge < -0.3 is 14.8 Å². The van der Waals surface area contributed by atoms with E-state index in [1.165, 1.54) is 6.92 Å². The van der Waals surface area contributed by atoms with E-state index in [4.69, 9.17) is 32.7 Å². The Kier molecular flexibility index (Phi) is 6.12. The number of carbonyl (C=O) groups is 1. The Morgan fingerprint density at radius 1 is 1.04 bits per heavy atom. The van der Waals surface area contributed by atoms with Crippen LogP contribution in [0.15, 0.2) is 42.6 Å². The van der Waals surface area contributed by atoms with Crippen LogP contribution in [0.3, 0.4) is 0 Å². The molecule has 0 aliphatic rings. The number of hydrogen-bond donors (Lipinski definition) is 1. The molecule has 0 aromatic heterocycles. The molecule has 0 amide bonds. The molecule has 2 aromatic carbocycles. The van der Waals surface area contributed by atoms with Gasteiger partial charge in [-0.1, -0.05) is 29.3 Å². The third-order valence-corrected chi connectivity index (χ3v) is 3.92. The maximum Gasteiger partial charge on any atom is 0.161 e. The van der Waals surface area contributed by atoms with E-state index >= 15 is 0 Å². The minimum atomic E-state index is -0.0974. The predicted octanol–water partition coefficient (Wildman–Crippen LogP) is 5.05. The van der Waals surface area contributed by atoms with Crippen molar-refractivity contribution in [3.05, 3.63) is 58.2 Å². The Hall–Kier alpha value is -2.17. The lowest BCUT2D eigenvalue weighted by Crippen LogP contribution is -2.01. The molecule has 0 heterocycles. The van der Waals surface area contributed by atoms with Gasteiger partial charge in [-0.3, -0.25) is 4.79 Å². The molecule has 24 heavy (non-hydrogen) atoms. The fourth-order valence-corrected chi connectivity index (χ4v) is 2.61. The van der Waals surface area contributed by atoms with Crippen LogP contribution >= 0.6 is 23.2 Å². The maximum absolute atomic E-state index is 12.0. The molecule has 2 aromatic rings. The molecule has 0 aliphatic carbocycles. The zero-order valence-electron chi connectivity index (χ0n) is 13.5. The second-order valence-corrected chi connectivity index (χ2v) is 5.80. The van der Waals surface area contributed by atoms with Gasteiger partial charge in [0.2, 0.25) is 0 Å². The average molecular weight is 366 g/mol. The summed E-state index contributed by atoms with van der Waals surface area (Å²) in [6, 6.07) is 10.4. The van der Waals surface area contributed by atoms with E-state index in [0.717, 1.165) is 0 Å². The fourth-order valence-electron chi connectivity index (χ4n) is 2.15. The third kappa shape index (κ3) is 4.22. The van der Waals surface area contributed by atoms with E-state index < -0.39 is 0 Å². The molecule has 0 bridgehead atoms. The number of ketones is 1. The van der Waals surface area contributed by atoms with Crippen LogP contribution in [0.5, 0.6) is 11.5 Å². The van der Waals surface area contributed by atoms with E-state index in [1.54, 1.807) is 56.8 Å². The minimum absolute atomic E-state index is 0.0974. The van der Waals surface area contributed by atoms with Gasteiger partial charge >= 0.3 is 0 Å². The molecule has 1 N–H and O–H groups in total. The van der Waals surface area contributed by atoms with Crippen molar-refractivity contribution in [2.45, 2.75) is 6.92 Å². The lowest BCUT2D eigenvalue weighted by molar-refractivity contribution is -0.111. The van der Waals surface area contributed by atoms with Gasteiger partial charge in [0, 0.05) is 16.8 Å². The van der Waals surface area contributed by atoms with Crippen molar-refractivity contribution >= 4 is 40.2 Å². The Morgan fingerprint density at radius 2 is 1.75 bits per heavy atom. The number of methoxy groups -OCH3 is 2. The molecular weight excluding hydrogens is 349 g/mol. The topological polar surface area (TPSA) is 47.6 Å². The van der Waals surface area contributed by atoms with Crippen molar-refractivity contribution in [3.8, 4) is 11.5 Å². The van der Waals surface area contributed by atoms with Gasteiger partial charge in [0.1, 0.15) is 0 Å². The number of hydrogen-bond acceptors (Lipinski definition) is 4. The average Bonchev–Trinajstić information content (AvgIpc) is 2.56. The summed E-state index contributed by atoms with van der Waals surface area (Å²) in [7, 11) is 3.11. The molecule has 2 rings (SSSR count). The Labute approximate surface area is 151 Å². The van der Waals surface area contributed by atoms with Crippen molar-refractivity contribution in [1.82, 2.24) is 0 Å². The Morgan fingerprint density at radius 3 is 2.33 bits per heavy atom. The molecule has 0 fully saturated rings. The second kappa shape index (κ2) is 8.08. The summed E-state index contributed by atoms with van der Waals surface area (Å²) in [5, 5.41) is 4.05.